The summed E-state index contributed by atoms with van der Waals surface area (Å²) in [6, 6.07) is 7.90. The van der Waals surface area contributed by atoms with E-state index < -0.39 is 30.4 Å². The van der Waals surface area contributed by atoms with Crippen molar-refractivity contribution in [2.45, 2.75) is 13.0 Å². The lowest BCUT2D eigenvalue weighted by atomic mass is 10.2. The molecule has 0 heterocycles. The minimum atomic E-state index is -1.30. The van der Waals surface area contributed by atoms with E-state index in [-0.39, 0.29) is 0 Å². The first-order chi connectivity index (χ1) is 8.84. The molecule has 0 bridgehead atoms. The molecular formula is C12H16N2O5. The van der Waals surface area contributed by atoms with Crippen molar-refractivity contribution in [3.63, 3.8) is 0 Å². The Morgan fingerprint density at radius 1 is 1.32 bits per heavy atom. The molecule has 104 valence electrons. The molecule has 1 aromatic carbocycles. The lowest BCUT2D eigenvalue weighted by molar-refractivity contribution is -0.402. The van der Waals surface area contributed by atoms with Crippen molar-refractivity contribution in [3.05, 3.63) is 35.9 Å². The summed E-state index contributed by atoms with van der Waals surface area (Å²) in [6.07, 6.45) is 0. The Bertz CT molecular complexity index is 431. The summed E-state index contributed by atoms with van der Waals surface area (Å²) in [5, 5.41) is 20.1. The third kappa shape index (κ3) is 8.33. The molecule has 1 rings (SSSR count). The highest BCUT2D eigenvalue weighted by Crippen LogP contribution is 1.96. The van der Waals surface area contributed by atoms with Crippen LogP contribution in [0.1, 0.15) is 17.3 Å². The number of quaternary nitrogens is 1. The molecule has 0 aromatic heterocycles. The third-order valence-corrected chi connectivity index (χ3v) is 1.85. The van der Waals surface area contributed by atoms with E-state index in [0.717, 1.165) is 0 Å². The van der Waals surface area contributed by atoms with Crippen molar-refractivity contribution in [2.24, 2.45) is 0 Å². The predicted octanol–water partition coefficient (Wildman–Crippen LogP) is -2.13. The first kappa shape index (κ1) is 16.6. The summed E-state index contributed by atoms with van der Waals surface area (Å²) in [6.45, 7) is 1.07. The van der Waals surface area contributed by atoms with Crippen LogP contribution < -0.4 is 16.2 Å². The summed E-state index contributed by atoms with van der Waals surface area (Å²) < 4.78 is 0. The quantitative estimate of drug-likeness (QED) is 0.573. The second kappa shape index (κ2) is 8.65. The molecule has 1 amide bonds. The van der Waals surface area contributed by atoms with Gasteiger partial charge in [-0.2, -0.15) is 0 Å². The standard InChI is InChI=1S/C9H9NO3.C3H7NO2/c11-8(12)6-10-9(13)7-4-2-1-3-5-7;1-2(4)3(5)6/h1-5H,6H2,(H,10,13)(H,11,12);2H,4H2,1H3,(H,5,6)/t;2-/m.0/s1. The minimum absolute atomic E-state index is 0.412. The summed E-state index contributed by atoms with van der Waals surface area (Å²) >= 11 is 0. The molecule has 0 saturated heterocycles. The van der Waals surface area contributed by atoms with E-state index in [9.17, 15) is 19.5 Å². The molecule has 0 saturated carbocycles. The van der Waals surface area contributed by atoms with Gasteiger partial charge in [0.05, 0.1) is 12.5 Å². The van der Waals surface area contributed by atoms with Gasteiger partial charge < -0.3 is 26.1 Å². The number of carboxylic acid groups (broad SMARTS) is 2. The number of hydrogen-bond donors (Lipinski definition) is 3. The normalized spacial score (nSPS) is 10.6. The Hall–Kier alpha value is -2.41. The first-order valence-corrected chi connectivity index (χ1v) is 5.43. The lowest BCUT2D eigenvalue weighted by Gasteiger charge is -2.04. The maximum atomic E-state index is 11.1. The number of aliphatic carboxylic acids is 2. The monoisotopic (exact) mass is 268 g/mol. The smallest absolute Gasteiger partial charge is 0.362 e. The number of amides is 1. The number of benzene rings is 1. The fourth-order valence-electron chi connectivity index (χ4n) is 0.844. The summed E-state index contributed by atoms with van der Waals surface area (Å²) in [7, 11) is 0. The Kier molecular flexibility index (Phi) is 7.55. The zero-order chi connectivity index (χ0) is 14.8. The van der Waals surface area contributed by atoms with Crippen molar-refractivity contribution in [1.82, 2.24) is 5.32 Å². The minimum Gasteiger partial charge on any atom is -0.548 e. The fourth-order valence-corrected chi connectivity index (χ4v) is 0.844. The van der Waals surface area contributed by atoms with Crippen LogP contribution >= 0.6 is 0 Å². The maximum Gasteiger partial charge on any atom is 0.362 e. The van der Waals surface area contributed by atoms with E-state index in [1.807, 2.05) is 0 Å². The molecule has 0 aliphatic rings. The number of carbonyl (C=O) groups is 3. The van der Waals surface area contributed by atoms with Crippen LogP contribution in [-0.4, -0.2) is 35.5 Å². The van der Waals surface area contributed by atoms with Gasteiger partial charge in [0.25, 0.3) is 5.91 Å². The molecule has 0 unspecified atom stereocenters. The van der Waals surface area contributed by atoms with Crippen LogP contribution in [0.2, 0.25) is 0 Å². The van der Waals surface area contributed by atoms with Gasteiger partial charge in [0.1, 0.15) is 0 Å². The van der Waals surface area contributed by atoms with Crippen molar-refractivity contribution in [2.75, 3.05) is 6.54 Å². The van der Waals surface area contributed by atoms with Crippen molar-refractivity contribution in [3.8, 4) is 0 Å². The zero-order valence-corrected chi connectivity index (χ0v) is 10.5. The van der Waals surface area contributed by atoms with Gasteiger partial charge >= 0.3 is 5.97 Å². The number of rotatable bonds is 4. The highest BCUT2D eigenvalue weighted by molar-refractivity contribution is 5.95. The van der Waals surface area contributed by atoms with E-state index >= 15 is 0 Å². The van der Waals surface area contributed by atoms with Crippen LogP contribution in [0.3, 0.4) is 0 Å². The van der Waals surface area contributed by atoms with Gasteiger partial charge in [-0.1, -0.05) is 18.2 Å². The van der Waals surface area contributed by atoms with Crippen LogP contribution in [0.4, 0.5) is 0 Å². The molecule has 7 nitrogen and oxygen atoms in total. The molecule has 0 aliphatic heterocycles. The molecule has 0 radical (unpaired) electrons. The Morgan fingerprint density at radius 3 is 2.16 bits per heavy atom. The molecule has 0 fully saturated rings. The third-order valence-electron chi connectivity index (χ3n) is 1.85. The second-order valence-electron chi connectivity index (χ2n) is 3.66. The Balaban J connectivity index is 0.000000459. The van der Waals surface area contributed by atoms with Gasteiger partial charge in [0, 0.05) is 5.56 Å². The van der Waals surface area contributed by atoms with Crippen LogP contribution in [0.25, 0.3) is 0 Å². The lowest BCUT2D eigenvalue weighted by Crippen LogP contribution is -2.63. The van der Waals surface area contributed by atoms with Crippen molar-refractivity contribution in [1.29, 1.82) is 0 Å². The molecule has 5 N–H and O–H groups in total. The van der Waals surface area contributed by atoms with Crippen LogP contribution in [0.15, 0.2) is 30.3 Å². The van der Waals surface area contributed by atoms with Gasteiger partial charge in [0.15, 0.2) is 6.04 Å². The highest BCUT2D eigenvalue weighted by atomic mass is 16.4. The van der Waals surface area contributed by atoms with Crippen LogP contribution in [0.5, 0.6) is 0 Å². The van der Waals surface area contributed by atoms with Crippen LogP contribution in [-0.2, 0) is 9.59 Å². The molecule has 0 aliphatic carbocycles. The number of nitrogens with one attached hydrogen (secondary N) is 1. The number of hydrogen-bond acceptors (Lipinski definition) is 4. The van der Waals surface area contributed by atoms with Crippen molar-refractivity contribution < 1.29 is 30.3 Å². The Morgan fingerprint density at radius 2 is 1.79 bits per heavy atom. The maximum absolute atomic E-state index is 11.1. The predicted molar refractivity (Wildman–Crippen MR) is 63.8 cm³/mol. The second-order valence-corrected chi connectivity index (χ2v) is 3.66. The molecular weight excluding hydrogens is 252 g/mol. The average molecular weight is 268 g/mol. The van der Waals surface area contributed by atoms with Gasteiger partial charge in [-0.3, -0.25) is 4.79 Å². The summed E-state index contributed by atoms with van der Waals surface area (Å²) in [5.74, 6) is -2.57. The van der Waals surface area contributed by atoms with E-state index in [1.54, 1.807) is 30.3 Å². The first-order valence-electron chi connectivity index (χ1n) is 5.43. The van der Waals surface area contributed by atoms with Crippen LogP contribution in [0, 0.1) is 0 Å². The molecule has 1 atom stereocenters. The fraction of sp³-hybridized carbons (Fsp3) is 0.250. The summed E-state index contributed by atoms with van der Waals surface area (Å²) in [5.41, 5.74) is 3.67. The van der Waals surface area contributed by atoms with Gasteiger partial charge in [-0.15, -0.1) is 0 Å². The molecule has 1 aromatic rings. The molecule has 0 spiro atoms. The molecule has 19 heavy (non-hydrogen) atoms. The Labute approximate surface area is 110 Å². The number of carboxylic acids is 2. The zero-order valence-electron chi connectivity index (χ0n) is 10.5. The number of carbonyl (C=O) groups excluding carboxylic acids is 2. The van der Waals surface area contributed by atoms with Gasteiger partial charge in [-0.25, -0.2) is 4.79 Å². The topological polar surface area (TPSA) is 134 Å². The van der Waals surface area contributed by atoms with E-state index in [0.29, 0.717) is 5.56 Å². The van der Waals surface area contributed by atoms with E-state index in [1.165, 1.54) is 6.92 Å². The van der Waals surface area contributed by atoms with E-state index in [4.69, 9.17) is 5.11 Å². The van der Waals surface area contributed by atoms with E-state index in [2.05, 4.69) is 11.1 Å². The molecule has 7 heteroatoms. The SMILES string of the molecule is C[C@H]([NH3+])C(=O)O.O=C([O-])CNC(=O)c1ccccc1. The van der Waals surface area contributed by atoms with Crippen molar-refractivity contribution >= 4 is 17.8 Å². The van der Waals surface area contributed by atoms with Gasteiger partial charge in [0.2, 0.25) is 0 Å². The average Bonchev–Trinajstić information content (AvgIpc) is 2.37. The summed E-state index contributed by atoms with van der Waals surface area (Å²) in [4.78, 5) is 30.8. The highest BCUT2D eigenvalue weighted by Gasteiger charge is 2.04. The largest absolute Gasteiger partial charge is 0.548 e. The van der Waals surface area contributed by atoms with Gasteiger partial charge in [-0.05, 0) is 19.1 Å².